The average Bonchev–Trinajstić information content (AvgIpc) is 3.12. The third-order valence-electron chi connectivity index (χ3n) is 4.85. The van der Waals surface area contributed by atoms with Gasteiger partial charge in [-0.15, -0.1) is 11.3 Å². The van der Waals surface area contributed by atoms with Crippen molar-refractivity contribution in [2.45, 2.75) is 38.9 Å². The molecular formula is C20H25N3O2S. The Balaban J connectivity index is 1.72. The van der Waals surface area contributed by atoms with Gasteiger partial charge < -0.3 is 11.1 Å². The Kier molecular flexibility index (Phi) is 5.74. The minimum absolute atomic E-state index is 0.0217. The van der Waals surface area contributed by atoms with E-state index in [9.17, 15) is 9.59 Å². The molecule has 6 heteroatoms. The topological polar surface area (TPSA) is 75.4 Å². The molecule has 3 rings (SSSR count). The van der Waals surface area contributed by atoms with Crippen LogP contribution in [0.3, 0.4) is 0 Å². The Morgan fingerprint density at radius 3 is 2.58 bits per heavy atom. The molecule has 0 bridgehead atoms. The van der Waals surface area contributed by atoms with Crippen LogP contribution in [-0.2, 0) is 22.6 Å². The van der Waals surface area contributed by atoms with Gasteiger partial charge in [-0.1, -0.05) is 44.2 Å². The van der Waals surface area contributed by atoms with Crippen molar-refractivity contribution in [1.29, 1.82) is 0 Å². The summed E-state index contributed by atoms with van der Waals surface area (Å²) in [6.45, 7) is 4.90. The van der Waals surface area contributed by atoms with Crippen LogP contribution in [0.1, 0.15) is 35.9 Å². The molecular weight excluding hydrogens is 346 g/mol. The number of amides is 2. The zero-order chi connectivity index (χ0) is 18.7. The maximum atomic E-state index is 12.7. The van der Waals surface area contributed by atoms with Gasteiger partial charge in [0.2, 0.25) is 11.8 Å². The zero-order valence-corrected chi connectivity index (χ0v) is 16.0. The minimum Gasteiger partial charge on any atom is -0.368 e. The van der Waals surface area contributed by atoms with Crippen molar-refractivity contribution in [3.63, 3.8) is 0 Å². The van der Waals surface area contributed by atoms with Crippen LogP contribution in [0.2, 0.25) is 0 Å². The predicted octanol–water partition coefficient (Wildman–Crippen LogP) is 2.47. The fourth-order valence-electron chi connectivity index (χ4n) is 3.46. The lowest BCUT2D eigenvalue weighted by Gasteiger charge is -2.35. The van der Waals surface area contributed by atoms with Crippen LogP contribution in [0.15, 0.2) is 41.8 Å². The molecule has 3 N–H and O–H groups in total. The van der Waals surface area contributed by atoms with E-state index in [1.54, 1.807) is 11.3 Å². The van der Waals surface area contributed by atoms with Gasteiger partial charge in [-0.3, -0.25) is 14.5 Å². The van der Waals surface area contributed by atoms with Crippen molar-refractivity contribution in [1.82, 2.24) is 10.2 Å². The highest BCUT2D eigenvalue weighted by molar-refractivity contribution is 7.10. The number of thiophene rings is 1. The molecule has 26 heavy (non-hydrogen) atoms. The number of carbonyl (C=O) groups is 2. The highest BCUT2D eigenvalue weighted by Crippen LogP contribution is 2.26. The van der Waals surface area contributed by atoms with Crippen molar-refractivity contribution in [3.8, 4) is 0 Å². The molecule has 1 aliphatic rings. The molecule has 2 unspecified atom stereocenters. The molecule has 2 amide bonds. The fraction of sp³-hybridized carbons (Fsp3) is 0.400. The van der Waals surface area contributed by atoms with Gasteiger partial charge in [0, 0.05) is 11.4 Å². The maximum absolute atomic E-state index is 12.7. The van der Waals surface area contributed by atoms with E-state index in [0.717, 1.165) is 16.0 Å². The van der Waals surface area contributed by atoms with E-state index in [1.807, 2.05) is 46.7 Å². The van der Waals surface area contributed by atoms with E-state index < -0.39 is 6.04 Å². The van der Waals surface area contributed by atoms with E-state index in [1.165, 1.54) is 0 Å². The Hall–Kier alpha value is -2.18. The highest BCUT2D eigenvalue weighted by Gasteiger charge is 2.31. The molecule has 2 heterocycles. The summed E-state index contributed by atoms with van der Waals surface area (Å²) < 4.78 is 0. The molecule has 138 valence electrons. The summed E-state index contributed by atoms with van der Waals surface area (Å²) in [7, 11) is 0. The van der Waals surface area contributed by atoms with Gasteiger partial charge in [-0.2, -0.15) is 0 Å². The fourth-order valence-corrected chi connectivity index (χ4v) is 4.41. The summed E-state index contributed by atoms with van der Waals surface area (Å²) in [4.78, 5) is 27.6. The number of benzene rings is 1. The smallest absolute Gasteiger partial charge is 0.235 e. The summed E-state index contributed by atoms with van der Waals surface area (Å²) in [6.07, 6.45) is 0.553. The number of primary amides is 1. The van der Waals surface area contributed by atoms with Gasteiger partial charge in [0.05, 0.1) is 18.6 Å². The first kappa shape index (κ1) is 18.6. The van der Waals surface area contributed by atoms with E-state index in [0.29, 0.717) is 13.0 Å². The quantitative estimate of drug-likeness (QED) is 0.819. The van der Waals surface area contributed by atoms with Crippen LogP contribution in [0.4, 0.5) is 0 Å². The van der Waals surface area contributed by atoms with E-state index in [2.05, 4.69) is 19.2 Å². The molecule has 1 aromatic heterocycles. The van der Waals surface area contributed by atoms with Crippen LogP contribution >= 0.6 is 11.3 Å². The SMILES string of the molecule is CC(C)C(NC(=O)CN1Cc2ccccc2CC1C(N)=O)c1cccs1. The number of rotatable bonds is 6. The van der Waals surface area contributed by atoms with Crippen molar-refractivity contribution in [2.24, 2.45) is 11.7 Å². The lowest BCUT2D eigenvalue weighted by atomic mass is 9.93. The third-order valence-corrected chi connectivity index (χ3v) is 5.81. The molecule has 5 nitrogen and oxygen atoms in total. The molecule has 0 radical (unpaired) electrons. The molecule has 0 fully saturated rings. The number of fused-ring (bicyclic) bond motifs is 1. The first-order valence-corrected chi connectivity index (χ1v) is 9.76. The molecule has 2 aromatic rings. The monoisotopic (exact) mass is 371 g/mol. The first-order valence-electron chi connectivity index (χ1n) is 8.88. The second kappa shape index (κ2) is 8.01. The number of nitrogens with two attached hydrogens (primary N) is 1. The first-order chi connectivity index (χ1) is 12.5. The summed E-state index contributed by atoms with van der Waals surface area (Å²) in [6, 6.07) is 11.6. The minimum atomic E-state index is -0.449. The standard InChI is InChI=1S/C20H25N3O2S/c1-13(2)19(17-8-5-9-26-17)22-18(24)12-23-11-15-7-4-3-6-14(15)10-16(23)20(21)25/h3-9,13,16,19H,10-12H2,1-2H3,(H2,21,25)(H,22,24). The predicted molar refractivity (Wildman–Crippen MR) is 104 cm³/mol. The molecule has 1 aliphatic heterocycles. The van der Waals surface area contributed by atoms with Crippen LogP contribution in [0.25, 0.3) is 0 Å². The van der Waals surface area contributed by atoms with E-state index in [4.69, 9.17) is 5.73 Å². The van der Waals surface area contributed by atoms with Gasteiger partial charge in [-0.05, 0) is 34.9 Å². The van der Waals surface area contributed by atoms with Crippen molar-refractivity contribution < 1.29 is 9.59 Å². The molecule has 2 atom stereocenters. The second-order valence-electron chi connectivity index (χ2n) is 7.10. The van der Waals surface area contributed by atoms with Gasteiger partial charge in [-0.25, -0.2) is 0 Å². The Bertz CT molecular complexity index is 773. The summed E-state index contributed by atoms with van der Waals surface area (Å²) >= 11 is 1.64. The lowest BCUT2D eigenvalue weighted by Crippen LogP contribution is -2.52. The highest BCUT2D eigenvalue weighted by atomic mass is 32.1. The van der Waals surface area contributed by atoms with Crippen LogP contribution in [-0.4, -0.2) is 29.3 Å². The number of hydrogen-bond acceptors (Lipinski definition) is 4. The average molecular weight is 372 g/mol. The largest absolute Gasteiger partial charge is 0.368 e. The Labute approximate surface area is 158 Å². The van der Waals surface area contributed by atoms with Gasteiger partial charge in [0.25, 0.3) is 0 Å². The molecule has 0 saturated heterocycles. The van der Waals surface area contributed by atoms with Gasteiger partial charge in [0.15, 0.2) is 0 Å². The number of nitrogens with zero attached hydrogens (tertiary/aromatic N) is 1. The summed E-state index contributed by atoms with van der Waals surface area (Å²) in [5, 5.41) is 5.14. The molecule has 1 aromatic carbocycles. The Morgan fingerprint density at radius 2 is 1.96 bits per heavy atom. The number of hydrogen-bond donors (Lipinski definition) is 2. The van der Waals surface area contributed by atoms with Crippen LogP contribution in [0, 0.1) is 5.92 Å². The maximum Gasteiger partial charge on any atom is 0.235 e. The summed E-state index contributed by atoms with van der Waals surface area (Å²) in [5.41, 5.74) is 7.89. The van der Waals surface area contributed by atoms with Gasteiger partial charge >= 0.3 is 0 Å². The molecule has 0 aliphatic carbocycles. The third kappa shape index (κ3) is 4.14. The molecule has 0 saturated carbocycles. The lowest BCUT2D eigenvalue weighted by molar-refractivity contribution is -0.128. The van der Waals surface area contributed by atoms with Crippen molar-refractivity contribution in [3.05, 3.63) is 57.8 Å². The Morgan fingerprint density at radius 1 is 1.23 bits per heavy atom. The second-order valence-corrected chi connectivity index (χ2v) is 8.08. The van der Waals surface area contributed by atoms with Crippen molar-refractivity contribution in [2.75, 3.05) is 6.54 Å². The van der Waals surface area contributed by atoms with Crippen LogP contribution < -0.4 is 11.1 Å². The van der Waals surface area contributed by atoms with Gasteiger partial charge in [0.1, 0.15) is 0 Å². The number of nitrogens with one attached hydrogen (secondary N) is 1. The van der Waals surface area contributed by atoms with Crippen molar-refractivity contribution >= 4 is 23.2 Å². The zero-order valence-electron chi connectivity index (χ0n) is 15.1. The van der Waals surface area contributed by atoms with E-state index >= 15 is 0 Å². The molecule has 0 spiro atoms. The normalized spacial score (nSPS) is 18.3. The summed E-state index contributed by atoms with van der Waals surface area (Å²) in [5.74, 6) is -0.180. The van der Waals surface area contributed by atoms with Crippen LogP contribution in [0.5, 0.6) is 0 Å². The number of carbonyl (C=O) groups excluding carboxylic acids is 2. The van der Waals surface area contributed by atoms with E-state index in [-0.39, 0.29) is 30.3 Å².